The van der Waals surface area contributed by atoms with Gasteiger partial charge in [0.05, 0.1) is 5.69 Å². The second-order valence-corrected chi connectivity index (χ2v) is 8.39. The Labute approximate surface area is 149 Å². The van der Waals surface area contributed by atoms with Gasteiger partial charge in [0, 0.05) is 23.9 Å². The van der Waals surface area contributed by atoms with Crippen LogP contribution in [0.3, 0.4) is 0 Å². The number of carbonyl (C=O) groups excluding carboxylic acids is 1. The summed E-state index contributed by atoms with van der Waals surface area (Å²) in [6, 6.07) is 6.03. The van der Waals surface area contributed by atoms with Crippen molar-refractivity contribution < 1.29 is 4.79 Å². The smallest absolute Gasteiger partial charge is 0.248 e. The van der Waals surface area contributed by atoms with Crippen molar-refractivity contribution in [1.29, 1.82) is 0 Å². The fourth-order valence-electron chi connectivity index (χ4n) is 2.99. The van der Waals surface area contributed by atoms with Crippen molar-refractivity contribution in [1.82, 2.24) is 4.90 Å². The fraction of sp³-hybridized carbons (Fsp3) is 0.579. The van der Waals surface area contributed by atoms with Crippen LogP contribution in [-0.4, -0.2) is 34.3 Å². The molecule has 1 aromatic carbocycles. The predicted molar refractivity (Wildman–Crippen MR) is 104 cm³/mol. The lowest BCUT2D eigenvalue weighted by molar-refractivity contribution is 0.1000. The third-order valence-corrected chi connectivity index (χ3v) is 5.23. The summed E-state index contributed by atoms with van der Waals surface area (Å²) in [5.74, 6) is 1.98. The number of amides is 1. The number of nitrogens with zero attached hydrogens (tertiary/aromatic N) is 2. The van der Waals surface area contributed by atoms with Gasteiger partial charge in [-0.15, -0.1) is 0 Å². The summed E-state index contributed by atoms with van der Waals surface area (Å²) in [6.07, 6.45) is 1.19. The third kappa shape index (κ3) is 4.76. The normalized spacial score (nSPS) is 19.7. The number of amidine groups is 1. The van der Waals surface area contributed by atoms with Gasteiger partial charge in [-0.1, -0.05) is 39.5 Å². The highest BCUT2D eigenvalue weighted by Gasteiger charge is 2.31. The first kappa shape index (κ1) is 18.8. The minimum atomic E-state index is -0.397. The highest BCUT2D eigenvalue weighted by Crippen LogP contribution is 2.32. The topological polar surface area (TPSA) is 58.7 Å². The maximum Gasteiger partial charge on any atom is 0.248 e. The van der Waals surface area contributed by atoms with Crippen molar-refractivity contribution in [3.8, 4) is 0 Å². The van der Waals surface area contributed by atoms with Gasteiger partial charge >= 0.3 is 0 Å². The number of rotatable bonds is 6. The van der Waals surface area contributed by atoms with Gasteiger partial charge in [-0.25, -0.2) is 4.99 Å². The molecule has 1 unspecified atom stereocenters. The summed E-state index contributed by atoms with van der Waals surface area (Å²) in [4.78, 5) is 18.7. The van der Waals surface area contributed by atoms with Crippen molar-refractivity contribution in [3.05, 3.63) is 29.3 Å². The molecule has 24 heavy (non-hydrogen) atoms. The summed E-state index contributed by atoms with van der Waals surface area (Å²) in [5.41, 5.74) is 7.79. The molecule has 5 heteroatoms. The van der Waals surface area contributed by atoms with Gasteiger partial charge in [0.15, 0.2) is 5.17 Å². The molecule has 0 radical (unpaired) electrons. The van der Waals surface area contributed by atoms with Gasteiger partial charge in [-0.3, -0.25) is 4.79 Å². The first-order valence-electron chi connectivity index (χ1n) is 8.66. The lowest BCUT2D eigenvalue weighted by Gasteiger charge is -2.29. The largest absolute Gasteiger partial charge is 0.366 e. The molecule has 1 aliphatic heterocycles. The van der Waals surface area contributed by atoms with Gasteiger partial charge in [0.1, 0.15) is 0 Å². The van der Waals surface area contributed by atoms with E-state index in [1.807, 2.05) is 30.8 Å². The Hall–Kier alpha value is -1.49. The van der Waals surface area contributed by atoms with E-state index in [4.69, 9.17) is 10.7 Å². The van der Waals surface area contributed by atoms with Crippen molar-refractivity contribution in [2.24, 2.45) is 22.6 Å². The standard InChI is InChI=1S/C19H29N3OS/c1-12(2)8-16-11-24-19(22(16)10-13(3)4)21-17-7-6-15(18(20)23)9-14(17)5/h6-7,9,12-13,16H,8,10-11H2,1-5H3,(H2,20,23)/b21-19-. The Kier molecular flexibility index (Phi) is 6.33. The van der Waals surface area contributed by atoms with Crippen LogP contribution in [0.2, 0.25) is 0 Å². The summed E-state index contributed by atoms with van der Waals surface area (Å²) in [7, 11) is 0. The van der Waals surface area contributed by atoms with Gasteiger partial charge < -0.3 is 10.6 Å². The minimum absolute atomic E-state index is 0.397. The van der Waals surface area contributed by atoms with Crippen LogP contribution >= 0.6 is 11.8 Å². The SMILES string of the molecule is Cc1cc(C(N)=O)ccc1/N=C1\SCC(CC(C)C)N1CC(C)C. The van der Waals surface area contributed by atoms with Crippen LogP contribution in [0.1, 0.15) is 50.0 Å². The molecule has 0 saturated carbocycles. The van der Waals surface area contributed by atoms with E-state index in [9.17, 15) is 4.79 Å². The van der Waals surface area contributed by atoms with Crippen LogP contribution in [0.15, 0.2) is 23.2 Å². The van der Waals surface area contributed by atoms with Gasteiger partial charge in [-0.05, 0) is 48.9 Å². The highest BCUT2D eigenvalue weighted by atomic mass is 32.2. The van der Waals surface area contributed by atoms with Crippen LogP contribution in [0.4, 0.5) is 5.69 Å². The Morgan fingerprint density at radius 3 is 2.58 bits per heavy atom. The molecule has 0 spiro atoms. The average Bonchev–Trinajstić information content (AvgIpc) is 2.82. The zero-order valence-corrected chi connectivity index (χ0v) is 16.2. The fourth-order valence-corrected chi connectivity index (χ4v) is 4.20. The van der Waals surface area contributed by atoms with Gasteiger partial charge in [0.25, 0.3) is 0 Å². The monoisotopic (exact) mass is 347 g/mol. The van der Waals surface area contributed by atoms with Gasteiger partial charge in [-0.2, -0.15) is 0 Å². The van der Waals surface area contributed by atoms with E-state index >= 15 is 0 Å². The first-order valence-corrected chi connectivity index (χ1v) is 9.65. The number of thioether (sulfide) groups is 1. The highest BCUT2D eigenvalue weighted by molar-refractivity contribution is 8.14. The molecule has 0 bridgehead atoms. The molecule has 2 rings (SSSR count). The van der Waals surface area contributed by atoms with E-state index in [0.29, 0.717) is 23.4 Å². The van der Waals surface area contributed by atoms with E-state index in [2.05, 4.69) is 32.6 Å². The average molecular weight is 348 g/mol. The first-order chi connectivity index (χ1) is 11.3. The second-order valence-electron chi connectivity index (χ2n) is 7.40. The van der Waals surface area contributed by atoms with Crippen LogP contribution in [-0.2, 0) is 0 Å². The predicted octanol–water partition coefficient (Wildman–Crippen LogP) is 4.20. The molecular weight excluding hydrogens is 318 g/mol. The van der Waals surface area contributed by atoms with Crippen LogP contribution in [0, 0.1) is 18.8 Å². The number of benzene rings is 1. The van der Waals surface area contributed by atoms with E-state index in [-0.39, 0.29) is 0 Å². The van der Waals surface area contributed by atoms with Crippen molar-refractivity contribution in [2.45, 2.75) is 47.1 Å². The molecule has 132 valence electrons. The quantitative estimate of drug-likeness (QED) is 0.839. The molecule has 0 aromatic heterocycles. The summed E-state index contributed by atoms with van der Waals surface area (Å²) < 4.78 is 0. The summed E-state index contributed by atoms with van der Waals surface area (Å²) in [5, 5.41) is 1.10. The maximum atomic E-state index is 11.3. The van der Waals surface area contributed by atoms with Crippen LogP contribution in [0.5, 0.6) is 0 Å². The number of primary amides is 1. The number of carbonyl (C=O) groups is 1. The minimum Gasteiger partial charge on any atom is -0.366 e. The molecule has 1 atom stereocenters. The maximum absolute atomic E-state index is 11.3. The number of aryl methyl sites for hydroxylation is 1. The molecule has 1 aliphatic rings. The number of aliphatic imine (C=N–C) groups is 1. The molecule has 1 fully saturated rings. The lowest BCUT2D eigenvalue weighted by Crippen LogP contribution is -2.37. The Morgan fingerprint density at radius 2 is 2.04 bits per heavy atom. The molecule has 0 aliphatic carbocycles. The van der Waals surface area contributed by atoms with Crippen molar-refractivity contribution >= 4 is 28.5 Å². The Balaban J connectivity index is 2.28. The Morgan fingerprint density at radius 1 is 1.33 bits per heavy atom. The van der Waals surface area contributed by atoms with Gasteiger partial charge in [0.2, 0.25) is 5.91 Å². The molecular formula is C19H29N3OS. The van der Waals surface area contributed by atoms with E-state index in [1.54, 1.807) is 6.07 Å². The van der Waals surface area contributed by atoms with Crippen molar-refractivity contribution in [3.63, 3.8) is 0 Å². The molecule has 1 heterocycles. The zero-order chi connectivity index (χ0) is 17.9. The van der Waals surface area contributed by atoms with E-state index < -0.39 is 5.91 Å². The Bertz CT molecular complexity index is 625. The number of hydrogen-bond acceptors (Lipinski definition) is 3. The number of hydrogen-bond donors (Lipinski definition) is 1. The van der Waals surface area contributed by atoms with E-state index in [1.165, 1.54) is 6.42 Å². The van der Waals surface area contributed by atoms with Crippen LogP contribution < -0.4 is 5.73 Å². The van der Waals surface area contributed by atoms with E-state index in [0.717, 1.165) is 28.7 Å². The molecule has 1 amide bonds. The molecule has 2 N–H and O–H groups in total. The summed E-state index contributed by atoms with van der Waals surface area (Å²) in [6.45, 7) is 12.1. The zero-order valence-electron chi connectivity index (χ0n) is 15.4. The molecule has 4 nitrogen and oxygen atoms in total. The number of nitrogens with two attached hydrogens (primary N) is 1. The van der Waals surface area contributed by atoms with Crippen LogP contribution in [0.25, 0.3) is 0 Å². The van der Waals surface area contributed by atoms with Crippen molar-refractivity contribution in [2.75, 3.05) is 12.3 Å². The summed E-state index contributed by atoms with van der Waals surface area (Å²) >= 11 is 1.84. The third-order valence-electron chi connectivity index (χ3n) is 4.09. The molecule has 1 saturated heterocycles. The second kappa shape index (κ2) is 8.06. The molecule has 1 aromatic rings. The lowest BCUT2D eigenvalue weighted by atomic mass is 10.0.